The molecule has 0 radical (unpaired) electrons. The van der Waals surface area contributed by atoms with Crippen molar-refractivity contribution in [3.05, 3.63) is 10.4 Å². The molecular weight excluding hydrogens is 182 g/mol. The molecule has 5 nitrogen and oxygen atoms in total. The maximum atomic E-state index is 8.25. The Morgan fingerprint density at radius 2 is 2.21 bits per heavy atom. The molecule has 1 aliphatic carbocycles. The molecule has 80 valence electrons. The van der Waals surface area contributed by atoms with E-state index in [4.69, 9.17) is 15.0 Å². The van der Waals surface area contributed by atoms with Gasteiger partial charge >= 0.3 is 0 Å². The standard InChI is InChI=1S/C9H17N3O2/c1-13-7-14-9-5-3-2-4-8(9)6-11-12-10/h8-9H,2-7H2,1H3/t8-,9+/m1/s1. The molecule has 0 aromatic rings. The fraction of sp³-hybridized carbons (Fsp3) is 1.00. The van der Waals surface area contributed by atoms with Gasteiger partial charge in [-0.25, -0.2) is 0 Å². The summed E-state index contributed by atoms with van der Waals surface area (Å²) >= 11 is 0. The van der Waals surface area contributed by atoms with E-state index < -0.39 is 0 Å². The molecule has 0 aromatic carbocycles. The number of nitrogens with zero attached hydrogens (tertiary/aromatic N) is 3. The first-order chi connectivity index (χ1) is 6.88. The molecule has 2 atom stereocenters. The average molecular weight is 199 g/mol. The minimum Gasteiger partial charge on any atom is -0.359 e. The van der Waals surface area contributed by atoms with Gasteiger partial charge in [0.25, 0.3) is 0 Å². The van der Waals surface area contributed by atoms with Crippen molar-refractivity contribution in [3.63, 3.8) is 0 Å². The third kappa shape index (κ3) is 3.54. The van der Waals surface area contributed by atoms with Gasteiger partial charge in [-0.05, 0) is 24.3 Å². The molecule has 5 heteroatoms. The Labute approximate surface area is 84.0 Å². The molecule has 0 unspecified atom stereocenters. The van der Waals surface area contributed by atoms with E-state index in [1.807, 2.05) is 0 Å². The number of ether oxygens (including phenoxy) is 2. The summed E-state index contributed by atoms with van der Waals surface area (Å²) in [5, 5.41) is 3.61. The summed E-state index contributed by atoms with van der Waals surface area (Å²) in [7, 11) is 1.62. The van der Waals surface area contributed by atoms with Crippen LogP contribution in [0.25, 0.3) is 10.4 Å². The smallest absolute Gasteiger partial charge is 0.146 e. The van der Waals surface area contributed by atoms with Gasteiger partial charge in [0.15, 0.2) is 0 Å². The van der Waals surface area contributed by atoms with Crippen molar-refractivity contribution >= 4 is 0 Å². The van der Waals surface area contributed by atoms with Crippen molar-refractivity contribution in [3.8, 4) is 0 Å². The van der Waals surface area contributed by atoms with Crippen LogP contribution in [0.2, 0.25) is 0 Å². The Kier molecular flexibility index (Phi) is 5.37. The Morgan fingerprint density at radius 1 is 1.43 bits per heavy atom. The van der Waals surface area contributed by atoms with Crippen LogP contribution >= 0.6 is 0 Å². The van der Waals surface area contributed by atoms with Crippen LogP contribution in [0, 0.1) is 5.92 Å². The summed E-state index contributed by atoms with van der Waals surface area (Å²) in [5.74, 6) is 0.370. The molecule has 0 bridgehead atoms. The van der Waals surface area contributed by atoms with E-state index in [0.29, 0.717) is 19.3 Å². The molecule has 0 spiro atoms. The minimum atomic E-state index is 0.203. The summed E-state index contributed by atoms with van der Waals surface area (Å²) in [6.45, 7) is 0.877. The van der Waals surface area contributed by atoms with Crippen LogP contribution in [-0.4, -0.2) is 26.6 Å². The predicted molar refractivity (Wildman–Crippen MR) is 52.7 cm³/mol. The number of hydrogen-bond donors (Lipinski definition) is 0. The molecule has 0 N–H and O–H groups in total. The van der Waals surface area contributed by atoms with Crippen LogP contribution in [0.1, 0.15) is 25.7 Å². The van der Waals surface area contributed by atoms with Gasteiger partial charge in [-0.2, -0.15) is 0 Å². The van der Waals surface area contributed by atoms with Gasteiger partial charge in [0.1, 0.15) is 6.79 Å². The zero-order chi connectivity index (χ0) is 10.2. The summed E-state index contributed by atoms with van der Waals surface area (Å²) in [4.78, 5) is 2.78. The highest BCUT2D eigenvalue weighted by atomic mass is 16.7. The fourth-order valence-corrected chi connectivity index (χ4v) is 1.90. The molecule has 1 saturated carbocycles. The summed E-state index contributed by atoms with van der Waals surface area (Å²) in [6.07, 6.45) is 4.75. The first-order valence-corrected chi connectivity index (χ1v) is 5.00. The molecular formula is C9H17N3O2. The Balaban J connectivity index is 2.37. The van der Waals surface area contributed by atoms with Crippen LogP contribution in [0.4, 0.5) is 0 Å². The first-order valence-electron chi connectivity index (χ1n) is 5.00. The molecule has 0 heterocycles. The summed E-state index contributed by atoms with van der Waals surface area (Å²) in [5.41, 5.74) is 8.25. The van der Waals surface area contributed by atoms with Crippen LogP contribution in [0.15, 0.2) is 5.11 Å². The molecule has 1 fully saturated rings. The number of methoxy groups -OCH3 is 1. The van der Waals surface area contributed by atoms with Gasteiger partial charge in [0.05, 0.1) is 6.10 Å². The van der Waals surface area contributed by atoms with Crippen molar-refractivity contribution < 1.29 is 9.47 Å². The topological polar surface area (TPSA) is 67.2 Å². The lowest BCUT2D eigenvalue weighted by molar-refractivity contribution is -0.100. The van der Waals surface area contributed by atoms with E-state index in [2.05, 4.69) is 10.0 Å². The van der Waals surface area contributed by atoms with Crippen molar-refractivity contribution in [2.75, 3.05) is 20.4 Å². The van der Waals surface area contributed by atoms with E-state index in [1.54, 1.807) is 7.11 Å². The molecule has 14 heavy (non-hydrogen) atoms. The van der Waals surface area contributed by atoms with Crippen molar-refractivity contribution in [1.82, 2.24) is 0 Å². The lowest BCUT2D eigenvalue weighted by Crippen LogP contribution is -2.30. The Morgan fingerprint density at radius 3 is 2.93 bits per heavy atom. The molecule has 1 aliphatic rings. The molecule has 0 saturated heterocycles. The highest BCUT2D eigenvalue weighted by Crippen LogP contribution is 2.27. The monoisotopic (exact) mass is 199 g/mol. The Bertz CT molecular complexity index is 204. The van der Waals surface area contributed by atoms with E-state index in [-0.39, 0.29) is 6.10 Å². The largest absolute Gasteiger partial charge is 0.359 e. The molecule has 0 aromatic heterocycles. The minimum absolute atomic E-state index is 0.203. The lowest BCUT2D eigenvalue weighted by atomic mass is 9.86. The van der Waals surface area contributed by atoms with Crippen molar-refractivity contribution in [2.24, 2.45) is 11.0 Å². The fourth-order valence-electron chi connectivity index (χ4n) is 1.90. The molecule has 0 aliphatic heterocycles. The lowest BCUT2D eigenvalue weighted by Gasteiger charge is -2.30. The van der Waals surface area contributed by atoms with Gasteiger partial charge in [-0.3, -0.25) is 0 Å². The van der Waals surface area contributed by atoms with Crippen LogP contribution in [0.5, 0.6) is 0 Å². The second-order valence-corrected chi connectivity index (χ2v) is 3.57. The first kappa shape index (κ1) is 11.3. The van der Waals surface area contributed by atoms with Crippen molar-refractivity contribution in [2.45, 2.75) is 31.8 Å². The van der Waals surface area contributed by atoms with Gasteiger partial charge in [-0.1, -0.05) is 18.0 Å². The molecule has 1 rings (SSSR count). The average Bonchev–Trinajstić information content (AvgIpc) is 2.24. The molecule has 0 amide bonds. The van der Waals surface area contributed by atoms with E-state index in [1.165, 1.54) is 12.8 Å². The SMILES string of the molecule is COCO[C@H]1CCCC[C@@H]1CN=[N+]=[N-]. The van der Waals surface area contributed by atoms with Crippen molar-refractivity contribution in [1.29, 1.82) is 0 Å². The van der Waals surface area contributed by atoms with E-state index in [9.17, 15) is 0 Å². The quantitative estimate of drug-likeness (QED) is 0.295. The second kappa shape index (κ2) is 6.65. The zero-order valence-electron chi connectivity index (χ0n) is 8.56. The van der Waals surface area contributed by atoms with Crippen LogP contribution < -0.4 is 0 Å². The maximum absolute atomic E-state index is 8.25. The predicted octanol–water partition coefficient (Wildman–Crippen LogP) is 2.48. The third-order valence-electron chi connectivity index (χ3n) is 2.62. The van der Waals surface area contributed by atoms with Gasteiger partial charge in [0, 0.05) is 18.6 Å². The van der Waals surface area contributed by atoms with Gasteiger partial charge in [-0.15, -0.1) is 0 Å². The van der Waals surface area contributed by atoms with Gasteiger partial charge < -0.3 is 9.47 Å². The van der Waals surface area contributed by atoms with Gasteiger partial charge in [0.2, 0.25) is 0 Å². The zero-order valence-corrected chi connectivity index (χ0v) is 8.56. The summed E-state index contributed by atoms with van der Waals surface area (Å²) < 4.78 is 10.4. The number of hydrogen-bond acceptors (Lipinski definition) is 3. The normalized spacial score (nSPS) is 26.9. The highest BCUT2D eigenvalue weighted by molar-refractivity contribution is 4.77. The summed E-state index contributed by atoms with van der Waals surface area (Å²) in [6, 6.07) is 0. The second-order valence-electron chi connectivity index (χ2n) is 3.57. The third-order valence-corrected chi connectivity index (χ3v) is 2.62. The number of azide groups is 1. The van der Waals surface area contributed by atoms with Crippen LogP contribution in [0.3, 0.4) is 0 Å². The number of rotatable bonds is 5. The maximum Gasteiger partial charge on any atom is 0.146 e. The van der Waals surface area contributed by atoms with Crippen LogP contribution in [-0.2, 0) is 9.47 Å². The van der Waals surface area contributed by atoms with E-state index in [0.717, 1.165) is 12.8 Å². The highest BCUT2D eigenvalue weighted by Gasteiger charge is 2.24. The Hall–Kier alpha value is -0.770. The van der Waals surface area contributed by atoms with E-state index >= 15 is 0 Å².